The summed E-state index contributed by atoms with van der Waals surface area (Å²) in [7, 11) is 0. The molecular formula is C17H27ClN2O. The van der Waals surface area contributed by atoms with Gasteiger partial charge in [-0.05, 0) is 58.0 Å². The van der Waals surface area contributed by atoms with Gasteiger partial charge >= 0.3 is 0 Å². The molecule has 3 nitrogen and oxygen atoms in total. The van der Waals surface area contributed by atoms with Crippen LogP contribution in [0.4, 0.5) is 0 Å². The number of benzene rings is 1. The summed E-state index contributed by atoms with van der Waals surface area (Å²) in [4.78, 5) is 2.55. The predicted octanol–water partition coefficient (Wildman–Crippen LogP) is 3.70. The summed E-state index contributed by atoms with van der Waals surface area (Å²) in [5.74, 6) is 0.931. The van der Waals surface area contributed by atoms with Crippen molar-refractivity contribution in [3.8, 4) is 5.75 Å². The minimum absolute atomic E-state index is 0.176. The summed E-state index contributed by atoms with van der Waals surface area (Å²) in [5, 5.41) is 4.33. The van der Waals surface area contributed by atoms with Gasteiger partial charge in [0.05, 0.1) is 6.10 Å². The number of nitrogens with one attached hydrogen (secondary N) is 1. The third-order valence-corrected chi connectivity index (χ3v) is 4.22. The molecular weight excluding hydrogens is 284 g/mol. The first kappa shape index (κ1) is 16.6. The first-order valence-corrected chi connectivity index (χ1v) is 8.37. The topological polar surface area (TPSA) is 24.5 Å². The maximum atomic E-state index is 6.11. The van der Waals surface area contributed by atoms with Crippen molar-refractivity contribution in [3.63, 3.8) is 0 Å². The summed E-state index contributed by atoms with van der Waals surface area (Å²) >= 11 is 6.11. The van der Waals surface area contributed by atoms with Crippen LogP contribution in [-0.2, 0) is 6.54 Å². The van der Waals surface area contributed by atoms with Crippen LogP contribution in [0.2, 0.25) is 5.02 Å². The van der Waals surface area contributed by atoms with Crippen molar-refractivity contribution in [1.29, 1.82) is 0 Å². The Labute approximate surface area is 133 Å². The Balaban J connectivity index is 1.91. The molecule has 1 heterocycles. The molecule has 4 heteroatoms. The van der Waals surface area contributed by atoms with E-state index in [0.717, 1.165) is 36.0 Å². The zero-order chi connectivity index (χ0) is 15.2. The highest BCUT2D eigenvalue weighted by Gasteiger charge is 2.22. The Morgan fingerprint density at radius 1 is 1.43 bits per heavy atom. The molecule has 2 rings (SSSR count). The van der Waals surface area contributed by atoms with E-state index in [1.165, 1.54) is 19.4 Å². The van der Waals surface area contributed by atoms with Crippen LogP contribution in [0.5, 0.6) is 5.75 Å². The molecule has 118 valence electrons. The average molecular weight is 311 g/mol. The van der Waals surface area contributed by atoms with Crippen LogP contribution in [0.3, 0.4) is 0 Å². The van der Waals surface area contributed by atoms with Crippen LogP contribution in [-0.4, -0.2) is 36.7 Å². The molecule has 0 aromatic heterocycles. The van der Waals surface area contributed by atoms with E-state index in [1.54, 1.807) is 0 Å². The molecule has 1 fully saturated rings. The lowest BCUT2D eigenvalue weighted by molar-refractivity contribution is 0.238. The van der Waals surface area contributed by atoms with Crippen LogP contribution in [0.1, 0.15) is 39.2 Å². The van der Waals surface area contributed by atoms with Gasteiger partial charge in [0.25, 0.3) is 0 Å². The second kappa shape index (κ2) is 8.02. The lowest BCUT2D eigenvalue weighted by Gasteiger charge is -2.23. The quantitative estimate of drug-likeness (QED) is 0.831. The van der Waals surface area contributed by atoms with Gasteiger partial charge in [-0.1, -0.05) is 18.5 Å². The van der Waals surface area contributed by atoms with E-state index >= 15 is 0 Å². The van der Waals surface area contributed by atoms with E-state index < -0.39 is 0 Å². The molecule has 1 aromatic rings. The summed E-state index contributed by atoms with van der Waals surface area (Å²) < 4.78 is 5.86. The Hall–Kier alpha value is -0.770. The van der Waals surface area contributed by atoms with Gasteiger partial charge in [0, 0.05) is 29.7 Å². The first-order chi connectivity index (χ1) is 10.1. The van der Waals surface area contributed by atoms with Crippen molar-refractivity contribution in [2.75, 3.05) is 19.6 Å². The van der Waals surface area contributed by atoms with Crippen molar-refractivity contribution in [3.05, 3.63) is 28.8 Å². The van der Waals surface area contributed by atoms with Gasteiger partial charge in [-0.3, -0.25) is 4.90 Å². The number of likely N-dealkylation sites (tertiary alicyclic amines) is 1. The monoisotopic (exact) mass is 310 g/mol. The van der Waals surface area contributed by atoms with Crippen molar-refractivity contribution in [2.24, 2.45) is 0 Å². The molecule has 1 saturated heterocycles. The molecule has 0 spiro atoms. The number of nitrogens with zero attached hydrogens (tertiary/aromatic N) is 1. The third kappa shape index (κ3) is 4.87. The zero-order valence-corrected chi connectivity index (χ0v) is 14.1. The van der Waals surface area contributed by atoms with Crippen LogP contribution < -0.4 is 10.1 Å². The largest absolute Gasteiger partial charge is 0.491 e. The minimum Gasteiger partial charge on any atom is -0.491 e. The summed E-state index contributed by atoms with van der Waals surface area (Å²) in [5.41, 5.74) is 1.14. The fourth-order valence-electron chi connectivity index (χ4n) is 2.97. The van der Waals surface area contributed by atoms with Gasteiger partial charge in [0.1, 0.15) is 5.75 Å². The highest BCUT2D eigenvalue weighted by atomic mass is 35.5. The highest BCUT2D eigenvalue weighted by Crippen LogP contribution is 2.24. The third-order valence-electron chi connectivity index (χ3n) is 3.99. The van der Waals surface area contributed by atoms with Gasteiger partial charge in [0.15, 0.2) is 0 Å². The second-order valence-corrected chi connectivity index (χ2v) is 6.41. The molecule has 0 saturated carbocycles. The average Bonchev–Trinajstić information content (AvgIpc) is 2.89. The molecule has 0 amide bonds. The SMILES string of the molecule is CCN1CCCC1CNCc1cc(Cl)ccc1OC(C)C. The van der Waals surface area contributed by atoms with E-state index in [1.807, 2.05) is 32.0 Å². The van der Waals surface area contributed by atoms with Gasteiger partial charge < -0.3 is 10.1 Å². The highest BCUT2D eigenvalue weighted by molar-refractivity contribution is 6.30. The van der Waals surface area contributed by atoms with Gasteiger partial charge in [0.2, 0.25) is 0 Å². The lowest BCUT2D eigenvalue weighted by atomic mass is 10.1. The van der Waals surface area contributed by atoms with Crippen LogP contribution >= 0.6 is 11.6 Å². The molecule has 21 heavy (non-hydrogen) atoms. The summed E-state index contributed by atoms with van der Waals surface area (Å²) in [6.45, 7) is 10.5. The molecule has 1 aliphatic heterocycles. The molecule has 1 aliphatic rings. The molecule has 0 aliphatic carbocycles. The van der Waals surface area contributed by atoms with Crippen LogP contribution in [0.15, 0.2) is 18.2 Å². The van der Waals surface area contributed by atoms with Gasteiger partial charge in [-0.2, -0.15) is 0 Å². The predicted molar refractivity (Wildman–Crippen MR) is 89.2 cm³/mol. The number of rotatable bonds is 7. The van der Waals surface area contributed by atoms with E-state index in [2.05, 4.69) is 17.1 Å². The Kier molecular flexibility index (Phi) is 6.34. The number of hydrogen-bond donors (Lipinski definition) is 1. The molecule has 0 bridgehead atoms. The zero-order valence-electron chi connectivity index (χ0n) is 13.4. The smallest absolute Gasteiger partial charge is 0.124 e. The van der Waals surface area contributed by atoms with Crippen LogP contribution in [0, 0.1) is 0 Å². The summed E-state index contributed by atoms with van der Waals surface area (Å²) in [6, 6.07) is 6.52. The molecule has 1 atom stereocenters. The first-order valence-electron chi connectivity index (χ1n) is 8.00. The fourth-order valence-corrected chi connectivity index (χ4v) is 3.17. The number of halogens is 1. The van der Waals surface area contributed by atoms with E-state index in [4.69, 9.17) is 16.3 Å². The van der Waals surface area contributed by atoms with Crippen molar-refractivity contribution in [2.45, 2.75) is 52.3 Å². The maximum absolute atomic E-state index is 6.11. The standard InChI is InChI=1S/C17H27ClN2O/c1-4-20-9-5-6-16(20)12-19-11-14-10-15(18)7-8-17(14)21-13(2)3/h7-8,10,13,16,19H,4-6,9,11-12H2,1-3H3. The summed E-state index contributed by atoms with van der Waals surface area (Å²) in [6.07, 6.45) is 2.79. The van der Waals surface area contributed by atoms with E-state index in [9.17, 15) is 0 Å². The van der Waals surface area contributed by atoms with Gasteiger partial charge in [-0.25, -0.2) is 0 Å². The van der Waals surface area contributed by atoms with E-state index in [-0.39, 0.29) is 6.10 Å². The maximum Gasteiger partial charge on any atom is 0.124 e. The van der Waals surface area contributed by atoms with Crippen molar-refractivity contribution < 1.29 is 4.74 Å². The van der Waals surface area contributed by atoms with E-state index in [0.29, 0.717) is 6.04 Å². The molecule has 1 unspecified atom stereocenters. The molecule has 0 radical (unpaired) electrons. The van der Waals surface area contributed by atoms with Crippen molar-refractivity contribution >= 4 is 11.6 Å². The fraction of sp³-hybridized carbons (Fsp3) is 0.647. The lowest BCUT2D eigenvalue weighted by Crippen LogP contribution is -2.37. The normalized spacial score (nSPS) is 19.4. The second-order valence-electron chi connectivity index (χ2n) is 5.97. The minimum atomic E-state index is 0.176. The van der Waals surface area contributed by atoms with Crippen LogP contribution in [0.25, 0.3) is 0 Å². The van der Waals surface area contributed by atoms with Gasteiger partial charge in [-0.15, -0.1) is 0 Å². The number of ether oxygens (including phenoxy) is 1. The van der Waals surface area contributed by atoms with Crippen molar-refractivity contribution in [1.82, 2.24) is 10.2 Å². The molecule has 1 aromatic carbocycles. The molecule has 1 N–H and O–H groups in total. The Morgan fingerprint density at radius 2 is 2.24 bits per heavy atom. The Morgan fingerprint density at radius 3 is 2.95 bits per heavy atom. The number of hydrogen-bond acceptors (Lipinski definition) is 3. The Bertz CT molecular complexity index is 450. The number of likely N-dealkylation sites (N-methyl/N-ethyl adjacent to an activating group) is 1.